The number of aliphatic imine (C=N–C) groups is 2. The minimum absolute atomic E-state index is 0.00751. The molecule has 0 spiro atoms. The van der Waals surface area contributed by atoms with Crippen molar-refractivity contribution in [1.82, 2.24) is 20.1 Å². The highest BCUT2D eigenvalue weighted by molar-refractivity contribution is 7.90. The van der Waals surface area contributed by atoms with Gasteiger partial charge < -0.3 is 41.0 Å². The summed E-state index contributed by atoms with van der Waals surface area (Å²) in [5.41, 5.74) is 15.5. The molecule has 0 aromatic heterocycles. The van der Waals surface area contributed by atoms with Crippen molar-refractivity contribution in [2.24, 2.45) is 21.5 Å². The quantitative estimate of drug-likeness (QED) is 0.0603. The smallest absolute Gasteiger partial charge is 0.408 e. The molecular formula is C44H68N8O11S2. The molecule has 2 aliphatic rings. The van der Waals surface area contributed by atoms with E-state index < -0.39 is 66.9 Å². The number of nitrogens with one attached hydrogen (secondary N) is 4. The van der Waals surface area contributed by atoms with Crippen LogP contribution >= 0.6 is 0 Å². The Morgan fingerprint density at radius 3 is 1.46 bits per heavy atom. The summed E-state index contributed by atoms with van der Waals surface area (Å²) in [4.78, 5) is 47.9. The van der Waals surface area contributed by atoms with Crippen LogP contribution in [0.15, 0.2) is 19.8 Å². The first kappa shape index (κ1) is 52.3. The molecule has 65 heavy (non-hydrogen) atoms. The molecule has 2 unspecified atom stereocenters. The number of amides is 2. The van der Waals surface area contributed by atoms with Gasteiger partial charge in [0.25, 0.3) is 20.0 Å². The number of guanidine groups is 2. The third-order valence-corrected chi connectivity index (χ3v) is 14.5. The summed E-state index contributed by atoms with van der Waals surface area (Å²) in [7, 11) is -7.16. The maximum absolute atomic E-state index is 13.7. The molecule has 4 rings (SSSR count). The lowest BCUT2D eigenvalue weighted by Gasteiger charge is -2.24. The predicted octanol–water partition coefficient (Wildman–Crippen LogP) is 3.96. The molecule has 19 nitrogen and oxygen atoms in total. The summed E-state index contributed by atoms with van der Waals surface area (Å²) < 4.78 is 81.8. The van der Waals surface area contributed by atoms with Crippen LogP contribution in [0.1, 0.15) is 119 Å². The first-order valence-corrected chi connectivity index (χ1v) is 24.4. The molecule has 0 bridgehead atoms. The summed E-state index contributed by atoms with van der Waals surface area (Å²) in [5, 5.41) is 5.15. The maximum atomic E-state index is 13.7. The summed E-state index contributed by atoms with van der Waals surface area (Å²) in [5.74, 6) is -0.875. The number of sulfonamides is 2. The molecule has 0 aliphatic carbocycles. The van der Waals surface area contributed by atoms with Crippen molar-refractivity contribution < 1.29 is 50.2 Å². The number of carbonyl (C=O) groups is 3. The van der Waals surface area contributed by atoms with Crippen molar-refractivity contribution in [3.8, 4) is 11.5 Å². The Morgan fingerprint density at radius 1 is 0.677 bits per heavy atom. The molecule has 0 saturated carbocycles. The van der Waals surface area contributed by atoms with E-state index in [-0.39, 0.29) is 60.5 Å². The van der Waals surface area contributed by atoms with Gasteiger partial charge >= 0.3 is 12.1 Å². The van der Waals surface area contributed by atoms with Gasteiger partial charge in [0.15, 0.2) is 0 Å². The normalized spacial score (nSPS) is 16.6. The second-order valence-electron chi connectivity index (χ2n) is 18.9. The van der Waals surface area contributed by atoms with Gasteiger partial charge in [-0.15, -0.1) is 0 Å². The van der Waals surface area contributed by atoms with E-state index in [0.717, 1.165) is 29.4 Å². The van der Waals surface area contributed by atoms with Gasteiger partial charge in [-0.05, 0) is 149 Å². The zero-order valence-corrected chi connectivity index (χ0v) is 41.8. The highest BCUT2D eigenvalue weighted by atomic mass is 32.2. The number of hydrogen-bond acceptors (Lipinski definition) is 13. The van der Waals surface area contributed by atoms with E-state index in [1.807, 2.05) is 41.5 Å². The van der Waals surface area contributed by atoms with Crippen LogP contribution < -0.4 is 41.0 Å². The minimum atomic E-state index is -4.16. The molecule has 2 heterocycles. The molecule has 8 N–H and O–H groups in total. The van der Waals surface area contributed by atoms with Crippen molar-refractivity contribution in [2.45, 2.75) is 167 Å². The molecule has 362 valence electrons. The molecule has 2 aromatic rings. The van der Waals surface area contributed by atoms with Crippen molar-refractivity contribution in [1.29, 1.82) is 0 Å². The number of hydrogen-bond donors (Lipinski definition) is 6. The largest absolute Gasteiger partial charge is 0.487 e. The van der Waals surface area contributed by atoms with Gasteiger partial charge in [-0.1, -0.05) is 0 Å². The first-order valence-electron chi connectivity index (χ1n) is 21.5. The van der Waals surface area contributed by atoms with Crippen molar-refractivity contribution >= 4 is 49.9 Å². The number of nitrogens with zero attached hydrogens (tertiary/aromatic N) is 2. The van der Waals surface area contributed by atoms with Crippen molar-refractivity contribution in [3.05, 3.63) is 44.5 Å². The van der Waals surface area contributed by atoms with Crippen molar-refractivity contribution in [2.75, 3.05) is 20.2 Å². The van der Waals surface area contributed by atoms with Crippen LogP contribution in [0.2, 0.25) is 0 Å². The fraction of sp³-hybridized carbons (Fsp3) is 0.614. The van der Waals surface area contributed by atoms with Gasteiger partial charge in [0.1, 0.15) is 40.4 Å². The molecule has 2 atom stereocenters. The van der Waals surface area contributed by atoms with Gasteiger partial charge in [-0.3, -0.25) is 14.8 Å². The van der Waals surface area contributed by atoms with E-state index in [1.54, 1.807) is 48.5 Å². The summed E-state index contributed by atoms with van der Waals surface area (Å²) in [6.45, 7) is 23.2. The number of benzene rings is 2. The monoisotopic (exact) mass is 948 g/mol. The standard InChI is InChI=1S/C44H68N8O11S2/c1-23-25(3)35(27(5)29-21-43(10,11)61-33(23)29)64(56,57)51-39(45)47-19-15-17-31(50-41(55)63-42(7,8)9)37(53)49-32(38(54)60-14)18-16-20-48-40(46)52-65(58,59)36-26(4)24(2)34-30(28(36)6)22-44(12,13)62-34/h31-32H,15-22H2,1-14H3,(H,49,53)(H,50,55)(H3,45,47,51)(H3,46,48,52). The lowest BCUT2D eigenvalue weighted by molar-refractivity contribution is -0.145. The summed E-state index contributed by atoms with van der Waals surface area (Å²) in [6, 6.07) is -2.42. The molecule has 0 saturated heterocycles. The van der Waals surface area contributed by atoms with Crippen LogP contribution in [0, 0.1) is 41.5 Å². The zero-order chi connectivity index (χ0) is 49.2. The fourth-order valence-electron chi connectivity index (χ4n) is 8.11. The van der Waals surface area contributed by atoms with E-state index in [2.05, 4.69) is 30.1 Å². The van der Waals surface area contributed by atoms with Gasteiger partial charge in [-0.2, -0.15) is 0 Å². The molecule has 2 aliphatic heterocycles. The number of ether oxygens (including phenoxy) is 4. The SMILES string of the molecule is COC(=O)C(CCCN=C(N)NS(=O)(=O)c1c(C)c(C)c2c(c1C)CC(C)(C)O2)NC(=O)C(CCCN=C(N)NS(=O)(=O)c1c(C)c(C)c2c(c1C)CC(C)(C)O2)NC(=O)OC(C)(C)C. The van der Waals surface area contributed by atoms with Crippen LogP contribution in [-0.2, 0) is 52.0 Å². The highest BCUT2D eigenvalue weighted by Gasteiger charge is 2.38. The van der Waals surface area contributed by atoms with E-state index in [0.29, 0.717) is 46.6 Å². The van der Waals surface area contributed by atoms with Crippen LogP contribution in [0.4, 0.5) is 4.79 Å². The number of rotatable bonds is 16. The van der Waals surface area contributed by atoms with E-state index >= 15 is 0 Å². The van der Waals surface area contributed by atoms with E-state index in [9.17, 15) is 31.2 Å². The van der Waals surface area contributed by atoms with Crippen LogP contribution in [0.25, 0.3) is 0 Å². The highest BCUT2D eigenvalue weighted by Crippen LogP contribution is 2.45. The second kappa shape index (κ2) is 19.7. The Labute approximate surface area is 383 Å². The Bertz CT molecular complexity index is 2490. The Morgan fingerprint density at radius 2 is 1.08 bits per heavy atom. The van der Waals surface area contributed by atoms with Crippen LogP contribution in [0.5, 0.6) is 11.5 Å². The third-order valence-electron chi connectivity index (χ3n) is 11.3. The minimum Gasteiger partial charge on any atom is -0.487 e. The van der Waals surface area contributed by atoms with Gasteiger partial charge in [0, 0.05) is 37.1 Å². The first-order chi connectivity index (χ1) is 29.8. The molecule has 2 amide bonds. The second-order valence-corrected chi connectivity index (χ2v) is 22.2. The van der Waals surface area contributed by atoms with Gasteiger partial charge in [0.05, 0.1) is 16.9 Å². The topological polar surface area (TPSA) is 281 Å². The van der Waals surface area contributed by atoms with Gasteiger partial charge in [-0.25, -0.2) is 35.9 Å². The average Bonchev–Trinajstić information content (AvgIpc) is 3.68. The molecule has 2 aromatic carbocycles. The molecule has 21 heteroatoms. The number of esters is 1. The zero-order valence-electron chi connectivity index (χ0n) is 40.2. The van der Waals surface area contributed by atoms with Crippen LogP contribution in [-0.4, -0.2) is 95.8 Å². The number of alkyl carbamates (subject to hydrolysis) is 1. The lowest BCUT2D eigenvalue weighted by Crippen LogP contribution is -2.52. The molecule has 0 radical (unpaired) electrons. The Balaban J connectivity index is 1.41. The van der Waals surface area contributed by atoms with E-state index in [4.69, 9.17) is 30.4 Å². The molecule has 0 fully saturated rings. The predicted molar refractivity (Wildman–Crippen MR) is 247 cm³/mol. The number of nitrogens with two attached hydrogens (primary N) is 2. The number of carbonyl (C=O) groups excluding carboxylic acids is 3. The van der Waals surface area contributed by atoms with Gasteiger partial charge in [0.2, 0.25) is 17.8 Å². The number of methoxy groups -OCH3 is 1. The summed E-state index contributed by atoms with van der Waals surface area (Å²) in [6.07, 6.45) is 0.477. The lowest BCUT2D eigenvalue weighted by atomic mass is 9.94. The third kappa shape index (κ3) is 12.7. The van der Waals surface area contributed by atoms with Crippen molar-refractivity contribution in [3.63, 3.8) is 0 Å². The Kier molecular flexibility index (Phi) is 15.8. The van der Waals surface area contributed by atoms with E-state index in [1.165, 1.54) is 0 Å². The average molecular weight is 949 g/mol. The fourth-order valence-corrected chi connectivity index (χ4v) is 11.2. The maximum Gasteiger partial charge on any atom is 0.408 e. The number of fused-ring (bicyclic) bond motifs is 2. The summed E-state index contributed by atoms with van der Waals surface area (Å²) >= 11 is 0. The molecular weight excluding hydrogens is 881 g/mol. The Hall–Kier alpha value is -5.31. The van der Waals surface area contributed by atoms with Crippen LogP contribution in [0.3, 0.4) is 0 Å².